The van der Waals surface area contributed by atoms with Gasteiger partial charge in [-0.05, 0) is 121 Å². The first-order valence-electron chi connectivity index (χ1n) is 25.7. The van der Waals surface area contributed by atoms with Crippen LogP contribution in [0.15, 0.2) is 62.8 Å². The first-order chi connectivity index (χ1) is 36.9. The van der Waals surface area contributed by atoms with Crippen LogP contribution in [0.3, 0.4) is 0 Å². The Morgan fingerprint density at radius 3 is 1.41 bits per heavy atom. The van der Waals surface area contributed by atoms with Crippen LogP contribution in [0.25, 0.3) is 55.6 Å². The largest absolute Gasteiger partial charge is 0.506 e. The van der Waals surface area contributed by atoms with Crippen molar-refractivity contribution in [1.29, 1.82) is 0 Å². The van der Waals surface area contributed by atoms with Crippen LogP contribution >= 0.6 is 99.9 Å². The van der Waals surface area contributed by atoms with Gasteiger partial charge in [0.2, 0.25) is 0 Å². The molecular formula is C50H54Br2N16O2S6. The minimum absolute atomic E-state index is 0.0635. The summed E-state index contributed by atoms with van der Waals surface area (Å²) < 4.78 is 3.19. The monoisotopic (exact) mass is 1260 g/mol. The normalized spacial score (nSPS) is 25.4. The smallest absolute Gasteiger partial charge is 0.256 e. The van der Waals surface area contributed by atoms with E-state index in [1.807, 2.05) is 6.07 Å². The van der Waals surface area contributed by atoms with E-state index < -0.39 is 0 Å². The highest BCUT2D eigenvalue weighted by atomic mass is 79.9. The summed E-state index contributed by atoms with van der Waals surface area (Å²) in [5, 5.41) is 26.6. The quantitative estimate of drug-likeness (QED) is 0.106. The summed E-state index contributed by atoms with van der Waals surface area (Å²) in [7, 11) is 6.48. The number of hydrogen-bond donors (Lipinski definition) is 4. The van der Waals surface area contributed by atoms with E-state index in [0.29, 0.717) is 76.0 Å². The second-order valence-electron chi connectivity index (χ2n) is 20.6. The molecule has 6 fully saturated rings. The molecule has 0 amide bonds. The maximum atomic E-state index is 12.0. The van der Waals surface area contributed by atoms with Gasteiger partial charge < -0.3 is 35.8 Å². The molecule has 4 N–H and O–H groups in total. The number of hydrogen-bond acceptors (Lipinski definition) is 23. The van der Waals surface area contributed by atoms with E-state index in [2.05, 4.69) is 109 Å². The Labute approximate surface area is 478 Å². The van der Waals surface area contributed by atoms with E-state index in [4.69, 9.17) is 19.9 Å². The molecule has 6 saturated heterocycles. The van der Waals surface area contributed by atoms with E-state index in [0.717, 1.165) is 58.3 Å². The van der Waals surface area contributed by atoms with Crippen LogP contribution in [-0.4, -0.2) is 130 Å². The van der Waals surface area contributed by atoms with Gasteiger partial charge in [-0.1, -0.05) is 74.1 Å². The van der Waals surface area contributed by atoms with Crippen molar-refractivity contribution in [3.8, 4) is 32.4 Å². The predicted octanol–water partition coefficient (Wildman–Crippen LogP) is 10.3. The Hall–Kier alpha value is -4.22. The van der Waals surface area contributed by atoms with Crippen molar-refractivity contribution in [3.63, 3.8) is 0 Å². The zero-order valence-corrected chi connectivity index (χ0v) is 49.7. The second-order valence-corrected chi connectivity index (χ2v) is 28.2. The van der Waals surface area contributed by atoms with Gasteiger partial charge in [0.1, 0.15) is 16.5 Å². The lowest BCUT2D eigenvalue weighted by Gasteiger charge is -2.35. The van der Waals surface area contributed by atoms with Crippen LogP contribution < -0.4 is 36.2 Å². The van der Waals surface area contributed by atoms with Crippen molar-refractivity contribution in [2.24, 2.45) is 0 Å². The minimum Gasteiger partial charge on any atom is -0.506 e. The van der Waals surface area contributed by atoms with E-state index in [-0.39, 0.29) is 11.3 Å². The molecule has 396 valence electrons. The number of fused-ring (bicyclic) bond motifs is 9. The van der Waals surface area contributed by atoms with E-state index in [1.54, 1.807) is 92.9 Å². The Kier molecular flexibility index (Phi) is 14.5. The van der Waals surface area contributed by atoms with E-state index >= 15 is 0 Å². The number of thiazole rings is 6. The molecule has 76 heavy (non-hydrogen) atoms. The summed E-state index contributed by atoms with van der Waals surface area (Å²) in [6.07, 6.45) is 22.0. The first kappa shape index (κ1) is 51.2. The molecule has 0 radical (unpaired) electrons. The van der Waals surface area contributed by atoms with Crippen LogP contribution in [0.2, 0.25) is 0 Å². The summed E-state index contributed by atoms with van der Waals surface area (Å²) in [5.41, 5.74) is 0.444. The summed E-state index contributed by atoms with van der Waals surface area (Å²) >= 11 is 16.1. The molecule has 26 heteroatoms. The zero-order chi connectivity index (χ0) is 51.8. The molecular weight excluding hydrogens is 1210 g/mol. The molecule has 0 aromatic carbocycles. The van der Waals surface area contributed by atoms with Gasteiger partial charge in [0, 0.05) is 111 Å². The van der Waals surface area contributed by atoms with Crippen molar-refractivity contribution in [2.75, 3.05) is 35.8 Å². The van der Waals surface area contributed by atoms with Crippen molar-refractivity contribution in [1.82, 2.24) is 65.4 Å². The molecule has 15 rings (SSSR count). The summed E-state index contributed by atoms with van der Waals surface area (Å²) in [4.78, 5) is 66.0. The lowest BCUT2D eigenvalue weighted by atomic mass is 9.99. The van der Waals surface area contributed by atoms with Gasteiger partial charge in [0.15, 0.2) is 60.3 Å². The third kappa shape index (κ3) is 10.6. The molecule has 15 heterocycles. The van der Waals surface area contributed by atoms with Gasteiger partial charge in [-0.25, -0.2) is 44.9 Å². The van der Waals surface area contributed by atoms with Gasteiger partial charge in [-0.3, -0.25) is 9.36 Å². The Morgan fingerprint density at radius 1 is 0.539 bits per heavy atom. The highest BCUT2D eigenvalue weighted by Crippen LogP contribution is 2.42. The van der Waals surface area contributed by atoms with Gasteiger partial charge in [-0.2, -0.15) is 0 Å². The third-order valence-electron chi connectivity index (χ3n) is 15.7. The number of halogens is 2. The van der Waals surface area contributed by atoms with Crippen molar-refractivity contribution in [3.05, 3.63) is 68.4 Å². The summed E-state index contributed by atoms with van der Waals surface area (Å²) in [6, 6.07) is 12.5. The van der Waals surface area contributed by atoms with Crippen LogP contribution in [-0.2, 0) is 0 Å². The maximum Gasteiger partial charge on any atom is 0.256 e. The second kappa shape index (κ2) is 21.4. The van der Waals surface area contributed by atoms with Crippen LogP contribution in [0, 0.1) is 0 Å². The molecule has 0 aliphatic carbocycles. The number of nitrogens with zero attached hydrogens (tertiary/aromatic N) is 13. The number of aromatic nitrogens is 10. The molecule has 6 aliphatic heterocycles. The first-order valence-corrected chi connectivity index (χ1v) is 32.2. The summed E-state index contributed by atoms with van der Waals surface area (Å²) in [5.74, 6) is 0.784. The van der Waals surface area contributed by atoms with Crippen LogP contribution in [0.5, 0.6) is 5.75 Å². The summed E-state index contributed by atoms with van der Waals surface area (Å²) in [6.45, 7) is 0. The van der Waals surface area contributed by atoms with E-state index in [9.17, 15) is 9.90 Å². The Bertz CT molecular complexity index is 3470. The minimum atomic E-state index is -0.0635. The highest BCUT2D eigenvalue weighted by Gasteiger charge is 2.39. The van der Waals surface area contributed by atoms with E-state index in [1.165, 1.54) is 99.7 Å². The number of aromatic hydroxyl groups is 1. The molecule has 0 spiro atoms. The fourth-order valence-corrected chi connectivity index (χ4v) is 18.4. The predicted molar refractivity (Wildman–Crippen MR) is 317 cm³/mol. The Morgan fingerprint density at radius 2 is 0.961 bits per heavy atom. The van der Waals surface area contributed by atoms with Crippen molar-refractivity contribution < 1.29 is 5.11 Å². The molecule has 0 saturated carbocycles. The fourth-order valence-electron chi connectivity index (χ4n) is 11.7. The molecule has 6 aliphatic rings. The lowest BCUT2D eigenvalue weighted by Crippen LogP contribution is -2.47. The van der Waals surface area contributed by atoms with Gasteiger partial charge in [0.25, 0.3) is 5.56 Å². The molecule has 18 nitrogen and oxygen atoms in total. The SMILES string of the molecule is CN(c1nc2sc(-c3ncc(Br)cc3O)nc2s1)C1C[C@H]2CC[C@@H](C1)N2.CN(c1nc2sc(-c3ncc(Br)cn3)nc2s1)C1C[C@H]2CC[C@@H](C1)N2.CN(c1nc2sc(-n3ccccc3=O)nc2s1)C1C[C@H]2CC[C@@H](C1)N2. The Balaban J connectivity index is 0.000000109. The number of rotatable bonds is 9. The zero-order valence-electron chi connectivity index (χ0n) is 41.7. The van der Waals surface area contributed by atoms with Crippen LogP contribution in [0.4, 0.5) is 15.4 Å². The molecule has 9 atom stereocenters. The third-order valence-corrected chi connectivity index (χ3v) is 22.9. The van der Waals surface area contributed by atoms with Crippen molar-refractivity contribution in [2.45, 2.75) is 131 Å². The fraction of sp³-hybridized carbons (Fsp3) is 0.480. The topological polar surface area (TPSA) is 204 Å². The van der Waals surface area contributed by atoms with Crippen LogP contribution in [0.1, 0.15) is 77.0 Å². The molecule has 3 unspecified atom stereocenters. The standard InChI is InChI=1S/C17H18BrN5OS2.C17H19N5OS2.C16H17BrN6S2/c1-23(11-5-9-2-3-10(6-11)20-9)17-22-16-15(26-17)21-14(25-16)13-12(24)4-8(18)7-19-13;1-21(12-8-10-5-6-11(9-12)18-10)16-19-14-15(24-16)20-17(25-14)22-7-3-2-4-13(22)23;1-23(11-4-9-2-3-10(5-11)20-9)16-22-15-14(25-16)21-13(24-15)12-18-6-8(17)7-19-12/h4,7,9-11,20,24H,2-3,5-6H2,1H3;2-4,7,10-12,18H,5-6,8-9H2,1H3;6-7,9-11,20H,2-5H2,1H3/t9-,10+,11?;10-,11+,12?;9-,10+,11?. The number of pyridine rings is 2. The number of nitrogens with one attached hydrogen (secondary N) is 3. The van der Waals surface area contributed by atoms with Crippen molar-refractivity contribution >= 4 is 144 Å². The average molecular weight is 1260 g/mol. The van der Waals surface area contributed by atoms with Gasteiger partial charge in [0.05, 0.1) is 4.47 Å². The lowest BCUT2D eigenvalue weighted by molar-refractivity contribution is 0.354. The molecule has 6 bridgehead atoms. The van der Waals surface area contributed by atoms with Gasteiger partial charge >= 0.3 is 0 Å². The molecule has 9 aromatic heterocycles. The highest BCUT2D eigenvalue weighted by molar-refractivity contribution is 9.10. The molecule has 9 aromatic rings. The van der Waals surface area contributed by atoms with Gasteiger partial charge in [-0.15, -0.1) is 0 Å². The maximum absolute atomic E-state index is 12.0. The number of anilines is 3. The average Bonchev–Trinajstić information content (AvgIpc) is 4.30. The number of piperidine rings is 3.